The molecule has 0 aliphatic heterocycles. The van der Waals surface area contributed by atoms with Crippen LogP contribution in [0.25, 0.3) is 10.9 Å². The van der Waals surface area contributed by atoms with Crippen LogP contribution < -0.4 is 15.0 Å². The molecule has 0 saturated carbocycles. The van der Waals surface area contributed by atoms with Crippen molar-refractivity contribution >= 4 is 33.0 Å². The lowest BCUT2D eigenvalue weighted by molar-refractivity contribution is 0.284. The van der Waals surface area contributed by atoms with Crippen molar-refractivity contribution in [1.29, 1.82) is 0 Å². The molecule has 0 spiro atoms. The quantitative estimate of drug-likeness (QED) is 0.272. The van der Waals surface area contributed by atoms with Crippen LogP contribution in [0.1, 0.15) is 35.9 Å². The Balaban J connectivity index is 1.62. The number of ether oxygens (including phenoxy) is 2. The number of aromatic nitrogens is 2. The zero-order valence-electron chi connectivity index (χ0n) is 19.4. The average molecular weight is 520 g/mol. The van der Waals surface area contributed by atoms with Gasteiger partial charge in [0.25, 0.3) is 5.56 Å². The number of halogens is 1. The van der Waals surface area contributed by atoms with E-state index in [4.69, 9.17) is 9.47 Å². The summed E-state index contributed by atoms with van der Waals surface area (Å²) in [6.45, 7) is 4.55. The van der Waals surface area contributed by atoms with E-state index in [1.54, 1.807) is 19.4 Å². The number of methoxy groups -OCH3 is 1. The van der Waals surface area contributed by atoms with Gasteiger partial charge in [0.1, 0.15) is 12.4 Å². The van der Waals surface area contributed by atoms with E-state index in [0.29, 0.717) is 41.3 Å². The first-order chi connectivity index (χ1) is 16.5. The minimum absolute atomic E-state index is 0.198. The molecule has 0 aliphatic carbocycles. The molecule has 0 amide bonds. The normalized spacial score (nSPS) is 11.3. The van der Waals surface area contributed by atoms with E-state index >= 15 is 0 Å². The van der Waals surface area contributed by atoms with Crippen LogP contribution in [0.4, 0.5) is 0 Å². The number of hydrogen-bond donors (Lipinski definition) is 0. The first kappa shape index (κ1) is 23.7. The SMILES string of the molecule is CCCc1nc2ccc(Br)cc2c(=O)n1N=Cc1ccc(OCc2cccc(C)c2)c(OC)c1. The third-order valence-corrected chi connectivity index (χ3v) is 5.83. The topological polar surface area (TPSA) is 65.7 Å². The molecule has 4 rings (SSSR count). The number of nitrogens with zero attached hydrogens (tertiary/aromatic N) is 3. The number of aryl methyl sites for hydroxylation is 2. The molecule has 4 aromatic rings. The lowest BCUT2D eigenvalue weighted by Gasteiger charge is -2.12. The Labute approximate surface area is 207 Å². The van der Waals surface area contributed by atoms with Crippen molar-refractivity contribution in [3.05, 3.63) is 98.0 Å². The molecule has 1 heterocycles. The smallest absolute Gasteiger partial charge is 0.282 e. The number of fused-ring (bicyclic) bond motifs is 1. The Morgan fingerprint density at radius 2 is 1.94 bits per heavy atom. The van der Waals surface area contributed by atoms with E-state index in [9.17, 15) is 4.79 Å². The molecule has 0 radical (unpaired) electrons. The van der Waals surface area contributed by atoms with Gasteiger partial charge in [-0.1, -0.05) is 52.7 Å². The zero-order chi connectivity index (χ0) is 24.1. The standard InChI is InChI=1S/C27H26BrN3O3/c1-4-6-26-30-23-11-10-21(28)15-22(23)27(32)31(26)29-16-19-9-12-24(25(14-19)33-3)34-17-20-8-5-7-18(2)13-20/h5,7-16H,4,6,17H2,1-3H3. The average Bonchev–Trinajstić information content (AvgIpc) is 2.83. The predicted octanol–water partition coefficient (Wildman–Crippen LogP) is 5.89. The van der Waals surface area contributed by atoms with E-state index < -0.39 is 0 Å². The highest BCUT2D eigenvalue weighted by atomic mass is 79.9. The molecule has 0 saturated heterocycles. The lowest BCUT2D eigenvalue weighted by Crippen LogP contribution is -2.22. The Kier molecular flexibility index (Phi) is 7.43. The van der Waals surface area contributed by atoms with Crippen LogP contribution in [0, 0.1) is 6.92 Å². The number of benzene rings is 3. The van der Waals surface area contributed by atoms with E-state index in [0.717, 1.165) is 22.0 Å². The fourth-order valence-electron chi connectivity index (χ4n) is 3.67. The zero-order valence-corrected chi connectivity index (χ0v) is 21.0. The van der Waals surface area contributed by atoms with Gasteiger partial charge in [-0.15, -0.1) is 0 Å². The van der Waals surface area contributed by atoms with Gasteiger partial charge >= 0.3 is 0 Å². The van der Waals surface area contributed by atoms with Crippen molar-refractivity contribution in [2.45, 2.75) is 33.3 Å². The molecule has 0 atom stereocenters. The van der Waals surface area contributed by atoms with Gasteiger partial charge in [-0.3, -0.25) is 4.79 Å². The summed E-state index contributed by atoms with van der Waals surface area (Å²) in [5, 5.41) is 5.01. The highest BCUT2D eigenvalue weighted by Gasteiger charge is 2.11. The van der Waals surface area contributed by atoms with Crippen molar-refractivity contribution in [3.63, 3.8) is 0 Å². The van der Waals surface area contributed by atoms with Crippen LogP contribution in [-0.2, 0) is 13.0 Å². The molecule has 0 bridgehead atoms. The maximum absolute atomic E-state index is 13.2. The van der Waals surface area contributed by atoms with Crippen molar-refractivity contribution in [1.82, 2.24) is 9.66 Å². The van der Waals surface area contributed by atoms with Gasteiger partial charge in [-0.25, -0.2) is 4.98 Å². The van der Waals surface area contributed by atoms with Gasteiger partial charge in [0.05, 0.1) is 24.2 Å². The molecule has 6 nitrogen and oxygen atoms in total. The van der Waals surface area contributed by atoms with Gasteiger partial charge in [0, 0.05) is 10.9 Å². The van der Waals surface area contributed by atoms with Crippen molar-refractivity contribution in [3.8, 4) is 11.5 Å². The van der Waals surface area contributed by atoms with Crippen molar-refractivity contribution in [2.75, 3.05) is 7.11 Å². The molecular formula is C27H26BrN3O3. The molecule has 0 unspecified atom stereocenters. The van der Waals surface area contributed by atoms with Crippen LogP contribution >= 0.6 is 15.9 Å². The van der Waals surface area contributed by atoms with Crippen LogP contribution in [0.15, 0.2) is 75.0 Å². The van der Waals surface area contributed by atoms with Crippen LogP contribution in [-0.4, -0.2) is 23.0 Å². The van der Waals surface area contributed by atoms with Crippen LogP contribution in [0.3, 0.4) is 0 Å². The molecule has 174 valence electrons. The summed E-state index contributed by atoms with van der Waals surface area (Å²) in [6, 6.07) is 19.3. The molecule has 0 N–H and O–H groups in total. The largest absolute Gasteiger partial charge is 0.493 e. The second-order valence-corrected chi connectivity index (χ2v) is 8.90. The summed E-state index contributed by atoms with van der Waals surface area (Å²) in [4.78, 5) is 17.8. The summed E-state index contributed by atoms with van der Waals surface area (Å²) in [6.07, 6.45) is 3.14. The summed E-state index contributed by atoms with van der Waals surface area (Å²) in [5.41, 5.74) is 3.53. The van der Waals surface area contributed by atoms with Gasteiger partial charge in [-0.2, -0.15) is 9.78 Å². The number of hydrogen-bond acceptors (Lipinski definition) is 5. The molecular weight excluding hydrogens is 494 g/mol. The molecule has 0 fully saturated rings. The first-order valence-electron chi connectivity index (χ1n) is 11.1. The van der Waals surface area contributed by atoms with Crippen LogP contribution in [0.2, 0.25) is 0 Å². The van der Waals surface area contributed by atoms with Gasteiger partial charge in [-0.05, 0) is 60.9 Å². The second-order valence-electron chi connectivity index (χ2n) is 7.99. The van der Waals surface area contributed by atoms with Crippen LogP contribution in [0.5, 0.6) is 11.5 Å². The van der Waals surface area contributed by atoms with Gasteiger partial charge in [0.15, 0.2) is 11.5 Å². The Hall–Kier alpha value is -3.45. The molecule has 7 heteroatoms. The van der Waals surface area contributed by atoms with E-state index in [1.165, 1.54) is 10.2 Å². The molecule has 3 aromatic carbocycles. The number of rotatable bonds is 8. The van der Waals surface area contributed by atoms with Gasteiger partial charge < -0.3 is 9.47 Å². The van der Waals surface area contributed by atoms with Gasteiger partial charge in [0.2, 0.25) is 0 Å². The Bertz CT molecular complexity index is 1410. The molecule has 34 heavy (non-hydrogen) atoms. The highest BCUT2D eigenvalue weighted by molar-refractivity contribution is 9.10. The van der Waals surface area contributed by atoms with E-state index in [1.807, 2.05) is 49.4 Å². The monoisotopic (exact) mass is 519 g/mol. The third-order valence-electron chi connectivity index (χ3n) is 5.34. The highest BCUT2D eigenvalue weighted by Crippen LogP contribution is 2.28. The summed E-state index contributed by atoms with van der Waals surface area (Å²) in [7, 11) is 1.60. The Morgan fingerprint density at radius 3 is 2.71 bits per heavy atom. The maximum atomic E-state index is 13.2. The molecule has 0 aliphatic rings. The van der Waals surface area contributed by atoms with Crippen molar-refractivity contribution < 1.29 is 9.47 Å². The minimum Gasteiger partial charge on any atom is -0.493 e. The fraction of sp³-hybridized carbons (Fsp3) is 0.222. The first-order valence-corrected chi connectivity index (χ1v) is 11.9. The molecule has 1 aromatic heterocycles. The summed E-state index contributed by atoms with van der Waals surface area (Å²) >= 11 is 3.43. The fourth-order valence-corrected chi connectivity index (χ4v) is 4.03. The van der Waals surface area contributed by atoms with E-state index in [2.05, 4.69) is 45.1 Å². The Morgan fingerprint density at radius 1 is 1.09 bits per heavy atom. The predicted molar refractivity (Wildman–Crippen MR) is 139 cm³/mol. The second kappa shape index (κ2) is 10.7. The summed E-state index contributed by atoms with van der Waals surface area (Å²) < 4.78 is 13.7. The van der Waals surface area contributed by atoms with Crippen molar-refractivity contribution in [2.24, 2.45) is 5.10 Å². The van der Waals surface area contributed by atoms with E-state index in [-0.39, 0.29) is 5.56 Å². The maximum Gasteiger partial charge on any atom is 0.282 e. The summed E-state index contributed by atoms with van der Waals surface area (Å²) in [5.74, 6) is 1.86. The lowest BCUT2D eigenvalue weighted by atomic mass is 10.1. The minimum atomic E-state index is -0.198. The third kappa shape index (κ3) is 5.37.